The fraction of sp³-hybridized carbons (Fsp3) is 0.704. The zero-order chi connectivity index (χ0) is 29.5. The minimum atomic E-state index is -5.05. The lowest BCUT2D eigenvalue weighted by Gasteiger charge is -2.15. The zero-order valence-electron chi connectivity index (χ0n) is 23.8. The predicted octanol–water partition coefficient (Wildman–Crippen LogP) is 6.97. The number of ketones is 2. The Morgan fingerprint density at radius 1 is 0.842 bits per heavy atom. The van der Waals surface area contributed by atoms with E-state index in [1.807, 2.05) is 0 Å². The summed E-state index contributed by atoms with van der Waals surface area (Å²) >= 11 is 0. The van der Waals surface area contributed by atoms with Crippen molar-refractivity contribution in [2.24, 2.45) is 17.8 Å². The monoisotopic (exact) mass is 578 g/mol. The van der Waals surface area contributed by atoms with E-state index in [2.05, 4.69) is 45.0 Å². The minimum absolute atomic E-state index is 0.0145. The van der Waals surface area contributed by atoms with Gasteiger partial charge in [-0.05, 0) is 63.0 Å². The first-order valence-electron chi connectivity index (χ1n) is 13.3. The summed E-state index contributed by atoms with van der Waals surface area (Å²) in [7, 11) is -10.1. The molecule has 11 heteroatoms. The van der Waals surface area contributed by atoms with Gasteiger partial charge in [-0.3, -0.25) is 9.59 Å². The molecule has 0 fully saturated rings. The SMILES string of the molecule is CC(=CCC1=CC(=O)C=C(C)C1=O)CCC[C@H](C)CCC[C@H](C)CCCC(C)C.O=P(O)(O)OP(=O)(O)O. The number of hydrogen-bond donors (Lipinski definition) is 4. The molecule has 38 heavy (non-hydrogen) atoms. The van der Waals surface area contributed by atoms with Crippen LogP contribution in [0, 0.1) is 17.8 Å². The van der Waals surface area contributed by atoms with Crippen LogP contribution in [0.4, 0.5) is 0 Å². The van der Waals surface area contributed by atoms with Crippen LogP contribution in [-0.4, -0.2) is 31.1 Å². The molecule has 1 aliphatic carbocycles. The molecular weight excluding hydrogens is 530 g/mol. The highest BCUT2D eigenvalue weighted by atomic mass is 31.3. The van der Waals surface area contributed by atoms with Crippen LogP contribution in [0.15, 0.2) is 34.9 Å². The molecule has 0 aromatic rings. The molecular formula is C27H48O9P2. The molecule has 9 nitrogen and oxygen atoms in total. The van der Waals surface area contributed by atoms with Crippen molar-refractivity contribution in [2.45, 2.75) is 106 Å². The maximum absolute atomic E-state index is 12.1. The number of phosphoric acid groups is 2. The van der Waals surface area contributed by atoms with Gasteiger partial charge in [-0.25, -0.2) is 9.13 Å². The second-order valence-corrected chi connectivity index (χ2v) is 13.5. The molecule has 0 spiro atoms. The fourth-order valence-corrected chi connectivity index (χ4v) is 5.30. The number of rotatable bonds is 16. The van der Waals surface area contributed by atoms with E-state index in [1.54, 1.807) is 6.92 Å². The van der Waals surface area contributed by atoms with E-state index in [0.29, 0.717) is 17.6 Å². The Kier molecular flexibility index (Phi) is 17.7. The second-order valence-electron chi connectivity index (χ2n) is 10.9. The average Bonchev–Trinajstić information content (AvgIpc) is 2.72. The number of allylic oxidation sites excluding steroid dienone is 6. The number of hydrogen-bond acceptors (Lipinski definition) is 5. The maximum atomic E-state index is 12.1. The van der Waals surface area contributed by atoms with E-state index < -0.39 is 15.6 Å². The molecule has 4 N–H and O–H groups in total. The van der Waals surface area contributed by atoms with Crippen molar-refractivity contribution in [3.05, 3.63) is 34.9 Å². The van der Waals surface area contributed by atoms with Crippen LogP contribution in [0.2, 0.25) is 0 Å². The van der Waals surface area contributed by atoms with Gasteiger partial charge in [0.25, 0.3) is 0 Å². The van der Waals surface area contributed by atoms with Crippen molar-refractivity contribution in [1.82, 2.24) is 0 Å². The zero-order valence-corrected chi connectivity index (χ0v) is 25.5. The smallest absolute Gasteiger partial charge is 0.302 e. The van der Waals surface area contributed by atoms with E-state index in [1.165, 1.54) is 69.1 Å². The minimum Gasteiger partial charge on any atom is -0.302 e. The van der Waals surface area contributed by atoms with Crippen LogP contribution < -0.4 is 0 Å². The molecule has 1 aliphatic rings. The highest BCUT2D eigenvalue weighted by Gasteiger charge is 2.28. The van der Waals surface area contributed by atoms with Crippen molar-refractivity contribution in [3.63, 3.8) is 0 Å². The molecule has 0 heterocycles. The third kappa shape index (κ3) is 20.7. The fourth-order valence-electron chi connectivity index (χ4n) is 4.19. The van der Waals surface area contributed by atoms with E-state index in [4.69, 9.17) is 19.6 Å². The molecule has 0 saturated carbocycles. The summed E-state index contributed by atoms with van der Waals surface area (Å²) < 4.78 is 22.2. The summed E-state index contributed by atoms with van der Waals surface area (Å²) in [5.74, 6) is 2.45. The highest BCUT2D eigenvalue weighted by Crippen LogP contribution is 2.53. The third-order valence-corrected chi connectivity index (χ3v) is 8.05. The van der Waals surface area contributed by atoms with Crippen LogP contribution in [-0.2, 0) is 23.0 Å². The van der Waals surface area contributed by atoms with Crippen LogP contribution in [0.5, 0.6) is 0 Å². The van der Waals surface area contributed by atoms with Crippen molar-refractivity contribution >= 4 is 27.2 Å². The van der Waals surface area contributed by atoms with Crippen molar-refractivity contribution in [1.29, 1.82) is 0 Å². The summed E-state index contributed by atoms with van der Waals surface area (Å²) in [6.45, 7) is 13.3. The number of carbonyl (C=O) groups excluding carboxylic acids is 2. The van der Waals surface area contributed by atoms with Gasteiger partial charge in [0.15, 0.2) is 11.6 Å². The van der Waals surface area contributed by atoms with E-state index in [0.717, 1.165) is 24.2 Å². The molecule has 0 aromatic heterocycles. The number of carbonyl (C=O) groups is 2. The molecule has 0 aliphatic heterocycles. The molecule has 0 unspecified atom stereocenters. The summed E-state index contributed by atoms with van der Waals surface area (Å²) in [5, 5.41) is 0. The predicted molar refractivity (Wildman–Crippen MR) is 150 cm³/mol. The Labute approximate surface area is 228 Å². The molecule has 0 radical (unpaired) electrons. The molecule has 0 bridgehead atoms. The Morgan fingerprint density at radius 2 is 1.32 bits per heavy atom. The Hall–Kier alpha value is -1.18. The first-order valence-corrected chi connectivity index (χ1v) is 16.4. The summed E-state index contributed by atoms with van der Waals surface area (Å²) in [6, 6.07) is 0. The van der Waals surface area contributed by atoms with Gasteiger partial charge in [0.2, 0.25) is 0 Å². The van der Waals surface area contributed by atoms with Crippen molar-refractivity contribution in [3.8, 4) is 0 Å². The standard InChI is InChI=1S/C27H44O2.H4O7P2/c1-20(2)10-7-11-21(3)12-8-13-22(4)14-9-15-23(5)16-17-25-19-26(28)18-24(6)27(25)29;1-8(2,3)7-9(4,5)6/h16,18-22H,7-15,17H2,1-6H3;(H2,1,2,3)(H2,4,5,6)/t21-,22-;/m1./s1. The molecule has 0 aromatic carbocycles. The first kappa shape index (κ1) is 36.8. The Balaban J connectivity index is 0.00000129. The molecule has 0 amide bonds. The van der Waals surface area contributed by atoms with Gasteiger partial charge < -0.3 is 19.6 Å². The van der Waals surface area contributed by atoms with Crippen LogP contribution in [0.1, 0.15) is 106 Å². The van der Waals surface area contributed by atoms with Crippen molar-refractivity contribution in [2.75, 3.05) is 0 Å². The molecule has 1 rings (SSSR count). The first-order chi connectivity index (χ1) is 17.4. The Bertz CT molecular complexity index is 918. The van der Waals surface area contributed by atoms with E-state index >= 15 is 0 Å². The van der Waals surface area contributed by atoms with Gasteiger partial charge in [0.05, 0.1) is 0 Å². The van der Waals surface area contributed by atoms with E-state index in [9.17, 15) is 18.7 Å². The highest BCUT2D eigenvalue weighted by molar-refractivity contribution is 7.60. The topological polar surface area (TPSA) is 158 Å². The van der Waals surface area contributed by atoms with E-state index in [-0.39, 0.29) is 11.6 Å². The van der Waals surface area contributed by atoms with Crippen molar-refractivity contribution < 1.29 is 42.6 Å². The maximum Gasteiger partial charge on any atom is 0.478 e. The van der Waals surface area contributed by atoms with Crippen LogP contribution in [0.3, 0.4) is 0 Å². The van der Waals surface area contributed by atoms with Gasteiger partial charge in [-0.2, -0.15) is 4.31 Å². The van der Waals surface area contributed by atoms with Gasteiger partial charge in [0, 0.05) is 11.1 Å². The summed E-state index contributed by atoms with van der Waals surface area (Å²) in [5.41, 5.74) is 2.51. The average molecular weight is 579 g/mol. The molecule has 0 saturated heterocycles. The molecule has 2 atom stereocenters. The quantitative estimate of drug-likeness (QED) is 0.0861. The summed E-state index contributed by atoms with van der Waals surface area (Å²) in [4.78, 5) is 54.7. The van der Waals surface area contributed by atoms with Gasteiger partial charge in [-0.1, -0.05) is 84.3 Å². The lowest BCUT2D eigenvalue weighted by Crippen LogP contribution is -2.12. The lowest BCUT2D eigenvalue weighted by molar-refractivity contribution is -0.115. The molecule has 220 valence electrons. The normalized spacial score (nSPS) is 16.6. The largest absolute Gasteiger partial charge is 0.478 e. The van der Waals surface area contributed by atoms with Gasteiger partial charge in [0.1, 0.15) is 0 Å². The lowest BCUT2D eigenvalue weighted by atomic mass is 9.91. The third-order valence-electron chi connectivity index (χ3n) is 6.35. The van der Waals surface area contributed by atoms with Gasteiger partial charge in [-0.15, -0.1) is 0 Å². The number of Topliss-reactive ketones (excluding diaryl/α,β-unsaturated/α-hetero) is 1. The second kappa shape index (κ2) is 18.2. The van der Waals surface area contributed by atoms with Crippen LogP contribution >= 0.6 is 15.6 Å². The van der Waals surface area contributed by atoms with Crippen LogP contribution in [0.25, 0.3) is 0 Å². The summed E-state index contributed by atoms with van der Waals surface area (Å²) in [6.07, 6.45) is 17.4. The van der Waals surface area contributed by atoms with Gasteiger partial charge >= 0.3 is 15.6 Å². The Morgan fingerprint density at radius 3 is 1.76 bits per heavy atom.